The van der Waals surface area contributed by atoms with Crippen molar-refractivity contribution in [2.24, 2.45) is 5.92 Å². The SMILES string of the molecule is COC(=O)[C@H]1CN(C(=O)N2CCOCC2)CCN1C(=O)C1CC[NH2+]CC1. The van der Waals surface area contributed by atoms with E-state index in [0.29, 0.717) is 39.4 Å². The third-order valence-corrected chi connectivity index (χ3v) is 5.48. The average molecular weight is 369 g/mol. The van der Waals surface area contributed by atoms with Gasteiger partial charge in [0.25, 0.3) is 0 Å². The molecular weight excluding hydrogens is 340 g/mol. The number of piperazine rings is 1. The maximum absolute atomic E-state index is 12.9. The summed E-state index contributed by atoms with van der Waals surface area (Å²) in [7, 11) is 1.32. The van der Waals surface area contributed by atoms with Crippen molar-refractivity contribution in [3.8, 4) is 0 Å². The number of amides is 3. The van der Waals surface area contributed by atoms with Crippen LogP contribution in [0.3, 0.4) is 0 Å². The number of quaternary nitrogens is 1. The van der Waals surface area contributed by atoms with Crippen LogP contribution in [0.1, 0.15) is 12.8 Å². The number of esters is 1. The van der Waals surface area contributed by atoms with Gasteiger partial charge in [-0.3, -0.25) is 4.79 Å². The smallest absolute Gasteiger partial charge is 0.330 e. The zero-order chi connectivity index (χ0) is 18.5. The molecule has 1 atom stereocenters. The molecule has 9 nitrogen and oxygen atoms in total. The molecule has 146 valence electrons. The highest BCUT2D eigenvalue weighted by Crippen LogP contribution is 2.20. The minimum Gasteiger partial charge on any atom is -0.467 e. The maximum atomic E-state index is 12.9. The van der Waals surface area contributed by atoms with Crippen LogP contribution in [0, 0.1) is 5.92 Å². The third kappa shape index (κ3) is 4.09. The quantitative estimate of drug-likeness (QED) is 0.574. The molecule has 3 amide bonds. The second-order valence-electron chi connectivity index (χ2n) is 7.04. The van der Waals surface area contributed by atoms with Crippen LogP contribution < -0.4 is 5.32 Å². The second kappa shape index (κ2) is 8.68. The monoisotopic (exact) mass is 369 g/mol. The summed E-state index contributed by atoms with van der Waals surface area (Å²) in [6, 6.07) is -0.821. The number of morpholine rings is 1. The summed E-state index contributed by atoms with van der Waals surface area (Å²) >= 11 is 0. The predicted molar refractivity (Wildman–Crippen MR) is 91.3 cm³/mol. The minimum absolute atomic E-state index is 0.0203. The molecule has 0 aromatic heterocycles. The molecule has 3 rings (SSSR count). The normalized spacial score (nSPS) is 25.1. The van der Waals surface area contributed by atoms with Crippen molar-refractivity contribution < 1.29 is 29.2 Å². The van der Waals surface area contributed by atoms with Crippen LogP contribution in [0.25, 0.3) is 0 Å². The molecule has 3 saturated heterocycles. The Hall–Kier alpha value is -1.87. The van der Waals surface area contributed by atoms with Crippen LogP contribution in [-0.2, 0) is 19.1 Å². The van der Waals surface area contributed by atoms with E-state index in [0.717, 1.165) is 25.9 Å². The molecule has 0 aromatic rings. The Bertz CT molecular complexity index is 531. The summed E-state index contributed by atoms with van der Waals surface area (Å²) < 4.78 is 10.2. The highest BCUT2D eigenvalue weighted by molar-refractivity contribution is 5.87. The van der Waals surface area contributed by atoms with Gasteiger partial charge in [-0.25, -0.2) is 9.59 Å². The minimum atomic E-state index is -0.725. The number of nitrogens with zero attached hydrogens (tertiary/aromatic N) is 3. The van der Waals surface area contributed by atoms with Gasteiger partial charge in [0.1, 0.15) is 6.04 Å². The van der Waals surface area contributed by atoms with Gasteiger partial charge in [-0.2, -0.15) is 0 Å². The number of nitrogens with two attached hydrogens (primary N) is 1. The van der Waals surface area contributed by atoms with E-state index < -0.39 is 12.0 Å². The summed E-state index contributed by atoms with van der Waals surface area (Å²) in [4.78, 5) is 43.0. The molecule has 9 heteroatoms. The lowest BCUT2D eigenvalue weighted by atomic mass is 9.95. The van der Waals surface area contributed by atoms with E-state index in [1.165, 1.54) is 7.11 Å². The number of ether oxygens (including phenoxy) is 2. The summed E-state index contributed by atoms with van der Waals surface area (Å²) in [5.74, 6) is -0.471. The molecule has 3 fully saturated rings. The Morgan fingerprint density at radius 2 is 1.69 bits per heavy atom. The van der Waals surface area contributed by atoms with Crippen LogP contribution in [0.15, 0.2) is 0 Å². The lowest BCUT2D eigenvalue weighted by Crippen LogP contribution is -2.86. The molecule has 3 aliphatic rings. The fraction of sp³-hybridized carbons (Fsp3) is 0.824. The molecule has 0 saturated carbocycles. The van der Waals surface area contributed by atoms with Crippen LogP contribution in [-0.4, -0.2) is 105 Å². The summed E-state index contributed by atoms with van der Waals surface area (Å²) in [5, 5.41) is 2.21. The Balaban J connectivity index is 1.67. The fourth-order valence-electron chi connectivity index (χ4n) is 3.92. The molecule has 0 aliphatic carbocycles. The first kappa shape index (κ1) is 18.9. The van der Waals surface area contributed by atoms with E-state index >= 15 is 0 Å². The number of rotatable bonds is 2. The molecule has 0 radical (unpaired) electrons. The standard InChI is InChI=1S/C17H28N4O5/c1-25-16(23)14-12-20(17(24)19-8-10-26-11-9-19)6-7-21(14)15(22)13-2-4-18-5-3-13/h13-14,18H,2-12H2,1H3/p+1/t14-/m1/s1. The van der Waals surface area contributed by atoms with Crippen LogP contribution in [0.5, 0.6) is 0 Å². The van der Waals surface area contributed by atoms with Crippen molar-refractivity contribution in [3.05, 3.63) is 0 Å². The fourth-order valence-corrected chi connectivity index (χ4v) is 3.92. The molecular formula is C17H29N4O5+. The van der Waals surface area contributed by atoms with E-state index in [4.69, 9.17) is 9.47 Å². The van der Waals surface area contributed by atoms with E-state index in [2.05, 4.69) is 5.32 Å². The Kier molecular flexibility index (Phi) is 6.31. The third-order valence-electron chi connectivity index (χ3n) is 5.48. The maximum Gasteiger partial charge on any atom is 0.330 e. The van der Waals surface area contributed by atoms with E-state index in [1.807, 2.05) is 0 Å². The van der Waals surface area contributed by atoms with Gasteiger partial charge in [0, 0.05) is 44.9 Å². The molecule has 3 aliphatic heterocycles. The first-order valence-corrected chi connectivity index (χ1v) is 9.43. The van der Waals surface area contributed by atoms with Gasteiger partial charge >= 0.3 is 12.0 Å². The first-order valence-electron chi connectivity index (χ1n) is 9.43. The summed E-state index contributed by atoms with van der Waals surface area (Å²) in [5.41, 5.74) is 0. The van der Waals surface area contributed by atoms with Crippen molar-refractivity contribution in [2.75, 3.05) is 66.1 Å². The molecule has 0 bridgehead atoms. The number of carbonyl (C=O) groups excluding carboxylic acids is 3. The molecule has 3 heterocycles. The number of piperidine rings is 1. The van der Waals surface area contributed by atoms with E-state index in [9.17, 15) is 14.4 Å². The van der Waals surface area contributed by atoms with Crippen LogP contribution in [0.2, 0.25) is 0 Å². The lowest BCUT2D eigenvalue weighted by Gasteiger charge is -2.43. The molecule has 0 aromatic carbocycles. The molecule has 0 spiro atoms. The zero-order valence-corrected chi connectivity index (χ0v) is 15.4. The van der Waals surface area contributed by atoms with Gasteiger partial charge in [0.05, 0.1) is 40.0 Å². The van der Waals surface area contributed by atoms with Gasteiger partial charge in [-0.05, 0) is 0 Å². The second-order valence-corrected chi connectivity index (χ2v) is 7.04. The van der Waals surface area contributed by atoms with Crippen molar-refractivity contribution in [1.29, 1.82) is 0 Å². The van der Waals surface area contributed by atoms with Crippen molar-refractivity contribution >= 4 is 17.9 Å². The number of hydrogen-bond acceptors (Lipinski definition) is 5. The summed E-state index contributed by atoms with van der Waals surface area (Å²) in [6.45, 7) is 5.05. The Morgan fingerprint density at radius 1 is 1.00 bits per heavy atom. The van der Waals surface area contributed by atoms with Gasteiger partial charge in [-0.15, -0.1) is 0 Å². The Labute approximate surface area is 153 Å². The average Bonchev–Trinajstić information content (AvgIpc) is 2.73. The molecule has 2 N–H and O–H groups in total. The van der Waals surface area contributed by atoms with Crippen molar-refractivity contribution in [1.82, 2.24) is 14.7 Å². The highest BCUT2D eigenvalue weighted by Gasteiger charge is 2.41. The Morgan fingerprint density at radius 3 is 2.35 bits per heavy atom. The first-order chi connectivity index (χ1) is 12.6. The lowest BCUT2D eigenvalue weighted by molar-refractivity contribution is -0.664. The number of hydrogen-bond donors (Lipinski definition) is 1. The van der Waals surface area contributed by atoms with Gasteiger partial charge < -0.3 is 29.5 Å². The largest absolute Gasteiger partial charge is 0.467 e. The number of urea groups is 1. The predicted octanol–water partition coefficient (Wildman–Crippen LogP) is -1.90. The van der Waals surface area contributed by atoms with Crippen LogP contribution >= 0.6 is 0 Å². The van der Waals surface area contributed by atoms with Gasteiger partial charge in [0.2, 0.25) is 5.91 Å². The topological polar surface area (TPSA) is 96.0 Å². The molecule has 26 heavy (non-hydrogen) atoms. The van der Waals surface area contributed by atoms with E-state index in [-0.39, 0.29) is 24.4 Å². The highest BCUT2D eigenvalue weighted by atomic mass is 16.5. The number of methoxy groups -OCH3 is 1. The summed E-state index contributed by atoms with van der Waals surface area (Å²) in [6.07, 6.45) is 1.67. The van der Waals surface area contributed by atoms with E-state index in [1.54, 1.807) is 14.7 Å². The van der Waals surface area contributed by atoms with Crippen molar-refractivity contribution in [2.45, 2.75) is 18.9 Å². The van der Waals surface area contributed by atoms with Crippen molar-refractivity contribution in [3.63, 3.8) is 0 Å². The van der Waals surface area contributed by atoms with Gasteiger partial charge in [-0.1, -0.05) is 0 Å². The van der Waals surface area contributed by atoms with Crippen LogP contribution in [0.4, 0.5) is 4.79 Å². The molecule has 0 unspecified atom stereocenters. The number of carbonyl (C=O) groups is 3. The van der Waals surface area contributed by atoms with Gasteiger partial charge in [0.15, 0.2) is 0 Å². The zero-order valence-electron chi connectivity index (χ0n) is 15.4.